The Morgan fingerprint density at radius 3 is 2.95 bits per heavy atom. The highest BCUT2D eigenvalue weighted by atomic mass is 79.9. The zero-order valence-electron chi connectivity index (χ0n) is 11.4. The molecule has 0 aliphatic rings. The average Bonchev–Trinajstić information content (AvgIpc) is 2.73. The molecule has 1 atom stereocenters. The first kappa shape index (κ1) is 15.3. The fraction of sp³-hybridized carbons (Fsp3) is 0.385. The van der Waals surface area contributed by atoms with E-state index in [1.165, 1.54) is 11.8 Å². The summed E-state index contributed by atoms with van der Waals surface area (Å²) in [6.07, 6.45) is 0.788. The van der Waals surface area contributed by atoms with Crippen LogP contribution in [-0.4, -0.2) is 20.8 Å². The number of halogens is 1. The maximum Gasteiger partial charge on any atom is 0.343 e. The topological polar surface area (TPSA) is 76.7 Å². The molecule has 0 saturated heterocycles. The highest BCUT2D eigenvalue weighted by Crippen LogP contribution is 2.31. The van der Waals surface area contributed by atoms with Gasteiger partial charge in [0.2, 0.25) is 0 Å². The molecule has 0 amide bonds. The lowest BCUT2D eigenvalue weighted by atomic mass is 10.1. The van der Waals surface area contributed by atoms with E-state index in [0.717, 1.165) is 21.4 Å². The van der Waals surface area contributed by atoms with Gasteiger partial charge in [0, 0.05) is 22.0 Å². The van der Waals surface area contributed by atoms with Crippen LogP contribution in [0.15, 0.2) is 37.5 Å². The van der Waals surface area contributed by atoms with Gasteiger partial charge in [0.15, 0.2) is 5.16 Å². The molecule has 0 radical (unpaired) electrons. The van der Waals surface area contributed by atoms with Gasteiger partial charge in [0.1, 0.15) is 0 Å². The van der Waals surface area contributed by atoms with Crippen LogP contribution in [-0.2, 0) is 13.0 Å². The molecule has 1 unspecified atom stereocenters. The summed E-state index contributed by atoms with van der Waals surface area (Å²) in [6, 6.07) is 6.17. The summed E-state index contributed by atoms with van der Waals surface area (Å²) in [6.45, 7) is 4.49. The molecule has 0 bridgehead atoms. The van der Waals surface area contributed by atoms with Crippen LogP contribution in [0.1, 0.15) is 19.4 Å². The highest BCUT2D eigenvalue weighted by Gasteiger charge is 2.12. The zero-order chi connectivity index (χ0) is 14.7. The van der Waals surface area contributed by atoms with Gasteiger partial charge < -0.3 is 5.73 Å². The van der Waals surface area contributed by atoms with Crippen molar-refractivity contribution in [3.63, 3.8) is 0 Å². The monoisotopic (exact) mass is 356 g/mol. The Bertz CT molecular complexity index is 650. The van der Waals surface area contributed by atoms with Gasteiger partial charge >= 0.3 is 5.69 Å². The smallest absolute Gasteiger partial charge is 0.328 e. The second kappa shape index (κ2) is 6.60. The summed E-state index contributed by atoms with van der Waals surface area (Å²) in [5.74, 6) is 0. The summed E-state index contributed by atoms with van der Waals surface area (Å²) < 4.78 is 2.61. The summed E-state index contributed by atoms with van der Waals surface area (Å²) in [5.41, 5.74) is 6.86. The van der Waals surface area contributed by atoms with Gasteiger partial charge in [-0.15, -0.1) is 5.10 Å². The summed E-state index contributed by atoms with van der Waals surface area (Å²) >= 11 is 4.95. The number of H-pyrrole nitrogens is 1. The maximum atomic E-state index is 11.6. The van der Waals surface area contributed by atoms with E-state index in [0.29, 0.717) is 11.7 Å². The van der Waals surface area contributed by atoms with Gasteiger partial charge in [-0.3, -0.25) is 4.57 Å². The second-order valence-corrected chi connectivity index (χ2v) is 6.52. The molecule has 7 heteroatoms. The van der Waals surface area contributed by atoms with Crippen molar-refractivity contribution in [2.75, 3.05) is 0 Å². The number of aromatic nitrogens is 3. The first-order chi connectivity index (χ1) is 9.51. The van der Waals surface area contributed by atoms with Gasteiger partial charge in [0.05, 0.1) is 0 Å². The van der Waals surface area contributed by atoms with E-state index in [9.17, 15) is 4.79 Å². The first-order valence-electron chi connectivity index (χ1n) is 6.38. The SMILES string of the molecule is CCn1c(Sc2cc(Br)ccc2CC(C)N)n[nH]c1=O. The molecule has 1 aromatic carbocycles. The average molecular weight is 357 g/mol. The van der Waals surface area contributed by atoms with Crippen molar-refractivity contribution in [1.29, 1.82) is 0 Å². The molecule has 3 N–H and O–H groups in total. The first-order valence-corrected chi connectivity index (χ1v) is 7.99. The van der Waals surface area contributed by atoms with Crippen LogP contribution in [0.2, 0.25) is 0 Å². The third-order valence-electron chi connectivity index (χ3n) is 2.81. The fourth-order valence-electron chi connectivity index (χ4n) is 1.90. The molecule has 0 fully saturated rings. The molecule has 108 valence electrons. The Morgan fingerprint density at radius 2 is 2.30 bits per heavy atom. The number of rotatable bonds is 5. The van der Waals surface area contributed by atoms with E-state index in [4.69, 9.17) is 5.73 Å². The Labute approximate surface area is 130 Å². The molecule has 0 aliphatic heterocycles. The van der Waals surface area contributed by atoms with Gasteiger partial charge in [0.25, 0.3) is 0 Å². The van der Waals surface area contributed by atoms with Gasteiger partial charge in [-0.05, 0) is 49.7 Å². The molecule has 5 nitrogen and oxygen atoms in total. The van der Waals surface area contributed by atoms with Crippen molar-refractivity contribution >= 4 is 27.7 Å². The number of benzene rings is 1. The van der Waals surface area contributed by atoms with Crippen LogP contribution in [0.3, 0.4) is 0 Å². The van der Waals surface area contributed by atoms with Crippen molar-refractivity contribution in [1.82, 2.24) is 14.8 Å². The lowest BCUT2D eigenvalue weighted by molar-refractivity contribution is 0.660. The van der Waals surface area contributed by atoms with Crippen molar-refractivity contribution in [3.8, 4) is 0 Å². The van der Waals surface area contributed by atoms with Crippen molar-refractivity contribution in [2.45, 2.75) is 42.9 Å². The Balaban J connectivity index is 2.36. The van der Waals surface area contributed by atoms with Crippen LogP contribution in [0, 0.1) is 0 Å². The van der Waals surface area contributed by atoms with E-state index >= 15 is 0 Å². The van der Waals surface area contributed by atoms with Crippen molar-refractivity contribution < 1.29 is 0 Å². The Morgan fingerprint density at radius 1 is 1.55 bits per heavy atom. The molecular weight excluding hydrogens is 340 g/mol. The van der Waals surface area contributed by atoms with E-state index in [1.807, 2.05) is 26.0 Å². The summed E-state index contributed by atoms with van der Waals surface area (Å²) in [5, 5.41) is 7.23. The summed E-state index contributed by atoms with van der Waals surface area (Å²) in [4.78, 5) is 12.7. The number of nitrogens with zero attached hydrogens (tertiary/aromatic N) is 2. The number of hydrogen-bond donors (Lipinski definition) is 2. The number of aromatic amines is 1. The van der Waals surface area contributed by atoms with Crippen LogP contribution in [0.25, 0.3) is 0 Å². The molecule has 2 rings (SSSR count). The minimum atomic E-state index is -0.182. The quantitative estimate of drug-likeness (QED) is 0.862. The van der Waals surface area contributed by atoms with Crippen LogP contribution >= 0.6 is 27.7 Å². The molecular formula is C13H17BrN4OS. The number of hydrogen-bond acceptors (Lipinski definition) is 4. The standard InChI is InChI=1S/C13H17BrN4OS/c1-3-18-12(19)16-17-13(18)20-11-7-10(14)5-4-9(11)6-8(2)15/h4-5,7-8H,3,6,15H2,1-2H3,(H,16,19). The fourth-order valence-corrected chi connectivity index (χ4v) is 3.49. The molecule has 1 aromatic heterocycles. The largest absolute Gasteiger partial charge is 0.343 e. The lowest BCUT2D eigenvalue weighted by Gasteiger charge is -2.11. The minimum absolute atomic E-state index is 0.0862. The molecule has 0 spiro atoms. The predicted octanol–water partition coefficient (Wildman–Crippen LogP) is 2.39. The van der Waals surface area contributed by atoms with Gasteiger partial charge in [-0.25, -0.2) is 9.89 Å². The zero-order valence-corrected chi connectivity index (χ0v) is 13.8. The van der Waals surface area contributed by atoms with Crippen molar-refractivity contribution in [2.24, 2.45) is 5.73 Å². The highest BCUT2D eigenvalue weighted by molar-refractivity contribution is 9.10. The van der Waals surface area contributed by atoms with E-state index in [1.54, 1.807) is 4.57 Å². The number of nitrogens with one attached hydrogen (secondary N) is 1. The molecule has 2 aromatic rings. The van der Waals surface area contributed by atoms with Crippen molar-refractivity contribution in [3.05, 3.63) is 38.7 Å². The van der Waals surface area contributed by atoms with Gasteiger partial charge in [-0.2, -0.15) is 0 Å². The maximum absolute atomic E-state index is 11.6. The second-order valence-electron chi connectivity index (χ2n) is 4.59. The van der Waals surface area contributed by atoms with Crippen LogP contribution < -0.4 is 11.4 Å². The Hall–Kier alpha value is -1.05. The van der Waals surface area contributed by atoms with Crippen LogP contribution in [0.5, 0.6) is 0 Å². The van der Waals surface area contributed by atoms with E-state index < -0.39 is 0 Å². The summed E-state index contributed by atoms with van der Waals surface area (Å²) in [7, 11) is 0. The molecule has 20 heavy (non-hydrogen) atoms. The van der Waals surface area contributed by atoms with E-state index in [2.05, 4.69) is 32.2 Å². The normalized spacial score (nSPS) is 12.6. The van der Waals surface area contributed by atoms with E-state index in [-0.39, 0.29) is 11.7 Å². The lowest BCUT2D eigenvalue weighted by Crippen LogP contribution is -2.18. The molecule has 0 aliphatic carbocycles. The molecule has 0 saturated carbocycles. The molecule has 1 heterocycles. The Kier molecular flexibility index (Phi) is 5.06. The minimum Gasteiger partial charge on any atom is -0.328 e. The third kappa shape index (κ3) is 3.53. The van der Waals surface area contributed by atoms with Crippen LogP contribution in [0.4, 0.5) is 0 Å². The van der Waals surface area contributed by atoms with Gasteiger partial charge in [-0.1, -0.05) is 22.0 Å². The third-order valence-corrected chi connectivity index (χ3v) is 4.40. The predicted molar refractivity (Wildman–Crippen MR) is 84.1 cm³/mol. The number of nitrogens with two attached hydrogens (primary N) is 1.